The van der Waals surface area contributed by atoms with E-state index >= 15 is 0 Å². The lowest BCUT2D eigenvalue weighted by Gasteiger charge is -2.11. The van der Waals surface area contributed by atoms with Crippen LogP contribution < -0.4 is 10.6 Å². The molecule has 9 heteroatoms. The first-order chi connectivity index (χ1) is 12.5. The Bertz CT molecular complexity index is 744. The standard InChI is InChI=1S/C17H21N3O5S/c1-3-11(2)18-17(23)20-14(21)8-25-16(22)10-24-9-15-19-12-6-4-5-7-13(12)26-15/h4-7,11H,3,8-10H2,1-2H3,(H2,18,20,21,23)/t11-/m1/s1. The summed E-state index contributed by atoms with van der Waals surface area (Å²) in [6.45, 7) is 3.05. The molecule has 0 aliphatic rings. The number of esters is 1. The van der Waals surface area contributed by atoms with Gasteiger partial charge in [0, 0.05) is 6.04 Å². The van der Waals surface area contributed by atoms with E-state index < -0.39 is 24.5 Å². The second-order valence-corrected chi connectivity index (χ2v) is 6.67. The molecule has 2 aromatic rings. The number of rotatable bonds is 8. The summed E-state index contributed by atoms with van der Waals surface area (Å²) in [7, 11) is 0. The molecule has 0 bridgehead atoms. The third kappa shape index (κ3) is 6.41. The van der Waals surface area contributed by atoms with Gasteiger partial charge in [-0.3, -0.25) is 10.1 Å². The van der Waals surface area contributed by atoms with E-state index in [-0.39, 0.29) is 19.3 Å². The van der Waals surface area contributed by atoms with Crippen LogP contribution in [0.3, 0.4) is 0 Å². The average Bonchev–Trinajstić information content (AvgIpc) is 3.02. The highest BCUT2D eigenvalue weighted by atomic mass is 32.1. The van der Waals surface area contributed by atoms with E-state index in [1.54, 1.807) is 0 Å². The number of thiazole rings is 1. The molecule has 26 heavy (non-hydrogen) atoms. The molecule has 3 amide bonds. The van der Waals surface area contributed by atoms with Gasteiger partial charge in [0.1, 0.15) is 11.6 Å². The summed E-state index contributed by atoms with van der Waals surface area (Å²) in [4.78, 5) is 38.9. The van der Waals surface area contributed by atoms with Crippen LogP contribution in [0.15, 0.2) is 24.3 Å². The summed E-state index contributed by atoms with van der Waals surface area (Å²) < 4.78 is 11.1. The van der Waals surface area contributed by atoms with Crippen molar-refractivity contribution < 1.29 is 23.9 Å². The number of fused-ring (bicyclic) bond motifs is 1. The first-order valence-electron chi connectivity index (χ1n) is 8.16. The summed E-state index contributed by atoms with van der Waals surface area (Å²) in [5.74, 6) is -1.39. The van der Waals surface area contributed by atoms with Crippen molar-refractivity contribution in [1.29, 1.82) is 0 Å². The summed E-state index contributed by atoms with van der Waals surface area (Å²) in [6, 6.07) is 7.02. The highest BCUT2D eigenvalue weighted by molar-refractivity contribution is 7.18. The van der Waals surface area contributed by atoms with Crippen LogP contribution in [0.5, 0.6) is 0 Å². The van der Waals surface area contributed by atoms with Gasteiger partial charge in [0.15, 0.2) is 6.61 Å². The Kier molecular flexibility index (Phi) is 7.49. The lowest BCUT2D eigenvalue weighted by atomic mass is 10.3. The highest BCUT2D eigenvalue weighted by Crippen LogP contribution is 2.21. The number of carbonyl (C=O) groups is 3. The topological polar surface area (TPSA) is 107 Å². The molecular formula is C17H21N3O5S. The zero-order valence-electron chi connectivity index (χ0n) is 14.6. The van der Waals surface area contributed by atoms with Crippen LogP contribution in [-0.2, 0) is 25.7 Å². The lowest BCUT2D eigenvalue weighted by molar-refractivity contribution is -0.153. The first kappa shape index (κ1) is 19.8. The van der Waals surface area contributed by atoms with E-state index in [2.05, 4.69) is 15.6 Å². The van der Waals surface area contributed by atoms with E-state index in [0.717, 1.165) is 21.6 Å². The van der Waals surface area contributed by atoms with Gasteiger partial charge in [-0.25, -0.2) is 14.6 Å². The number of imide groups is 1. The summed E-state index contributed by atoms with van der Waals surface area (Å²) in [5.41, 5.74) is 0.881. The van der Waals surface area contributed by atoms with Crippen molar-refractivity contribution in [2.24, 2.45) is 0 Å². The molecule has 140 valence electrons. The Morgan fingerprint density at radius 3 is 2.73 bits per heavy atom. The van der Waals surface area contributed by atoms with Crippen molar-refractivity contribution >= 4 is 39.5 Å². The summed E-state index contributed by atoms with van der Waals surface area (Å²) >= 11 is 1.48. The van der Waals surface area contributed by atoms with Gasteiger partial charge in [0.2, 0.25) is 0 Å². The molecule has 0 fully saturated rings. The van der Waals surface area contributed by atoms with E-state index in [1.807, 2.05) is 38.1 Å². The highest BCUT2D eigenvalue weighted by Gasteiger charge is 2.12. The number of hydrogen-bond acceptors (Lipinski definition) is 7. The van der Waals surface area contributed by atoms with Gasteiger partial charge >= 0.3 is 12.0 Å². The molecule has 1 atom stereocenters. The fourth-order valence-corrected chi connectivity index (χ4v) is 2.82. The Balaban J connectivity index is 1.64. The third-order valence-corrected chi connectivity index (χ3v) is 4.40. The number of benzene rings is 1. The van der Waals surface area contributed by atoms with Gasteiger partial charge in [-0.05, 0) is 25.5 Å². The molecule has 0 spiro atoms. The molecule has 0 aliphatic heterocycles. The van der Waals surface area contributed by atoms with Gasteiger partial charge in [-0.1, -0.05) is 19.1 Å². The van der Waals surface area contributed by atoms with Crippen molar-refractivity contribution in [2.45, 2.75) is 32.9 Å². The predicted octanol–water partition coefficient (Wildman–Crippen LogP) is 1.98. The number of nitrogens with zero attached hydrogens (tertiary/aromatic N) is 1. The lowest BCUT2D eigenvalue weighted by Crippen LogP contribution is -2.44. The molecule has 8 nitrogen and oxygen atoms in total. The van der Waals surface area contributed by atoms with Crippen LogP contribution >= 0.6 is 11.3 Å². The minimum Gasteiger partial charge on any atom is -0.454 e. The van der Waals surface area contributed by atoms with Crippen molar-refractivity contribution in [3.8, 4) is 0 Å². The molecule has 0 aliphatic carbocycles. The molecule has 0 saturated carbocycles. The van der Waals surface area contributed by atoms with Crippen LogP contribution in [0.25, 0.3) is 10.2 Å². The first-order valence-corrected chi connectivity index (χ1v) is 8.97. The van der Waals surface area contributed by atoms with E-state index in [1.165, 1.54) is 11.3 Å². The molecule has 0 radical (unpaired) electrons. The average molecular weight is 379 g/mol. The quantitative estimate of drug-likeness (QED) is 0.679. The van der Waals surface area contributed by atoms with Crippen LogP contribution in [0.4, 0.5) is 4.79 Å². The minimum atomic E-state index is -0.703. The van der Waals surface area contributed by atoms with Crippen molar-refractivity contribution in [1.82, 2.24) is 15.6 Å². The van der Waals surface area contributed by atoms with Crippen molar-refractivity contribution in [3.05, 3.63) is 29.3 Å². The minimum absolute atomic E-state index is 0.0544. The number of para-hydroxylation sites is 1. The number of hydrogen-bond donors (Lipinski definition) is 2. The Morgan fingerprint density at radius 1 is 1.23 bits per heavy atom. The third-order valence-electron chi connectivity index (χ3n) is 3.39. The Labute approximate surface area is 154 Å². The van der Waals surface area contributed by atoms with Gasteiger partial charge in [0.05, 0.1) is 16.8 Å². The number of nitrogens with one attached hydrogen (secondary N) is 2. The number of urea groups is 1. The van der Waals surface area contributed by atoms with Gasteiger partial charge < -0.3 is 14.8 Å². The molecular weight excluding hydrogens is 358 g/mol. The smallest absolute Gasteiger partial charge is 0.332 e. The Hall–Kier alpha value is -2.52. The maximum absolute atomic E-state index is 11.6. The van der Waals surface area contributed by atoms with Crippen molar-refractivity contribution in [3.63, 3.8) is 0 Å². The maximum atomic E-state index is 11.6. The SMILES string of the molecule is CC[C@@H](C)NC(=O)NC(=O)COC(=O)COCc1nc2ccccc2s1. The Morgan fingerprint density at radius 2 is 2.00 bits per heavy atom. The molecule has 2 rings (SSSR count). The van der Waals surface area contributed by atoms with Crippen LogP contribution in [0.1, 0.15) is 25.3 Å². The summed E-state index contributed by atoms with van der Waals surface area (Å²) in [6.07, 6.45) is 0.739. The number of ether oxygens (including phenoxy) is 2. The van der Waals surface area contributed by atoms with Crippen LogP contribution in [0, 0.1) is 0 Å². The zero-order chi connectivity index (χ0) is 18.9. The fourth-order valence-electron chi connectivity index (χ4n) is 1.92. The normalized spacial score (nSPS) is 11.8. The molecule has 0 saturated heterocycles. The monoisotopic (exact) mass is 379 g/mol. The van der Waals surface area contributed by atoms with Crippen LogP contribution in [-0.4, -0.2) is 42.1 Å². The number of carbonyl (C=O) groups excluding carboxylic acids is 3. The largest absolute Gasteiger partial charge is 0.454 e. The van der Waals surface area contributed by atoms with E-state index in [4.69, 9.17) is 9.47 Å². The zero-order valence-corrected chi connectivity index (χ0v) is 15.4. The van der Waals surface area contributed by atoms with Gasteiger partial charge in [-0.2, -0.15) is 0 Å². The number of amides is 3. The van der Waals surface area contributed by atoms with E-state index in [0.29, 0.717) is 0 Å². The molecule has 1 heterocycles. The molecule has 0 unspecified atom stereocenters. The van der Waals surface area contributed by atoms with Crippen LogP contribution in [0.2, 0.25) is 0 Å². The summed E-state index contributed by atoms with van der Waals surface area (Å²) in [5, 5.41) is 5.40. The van der Waals surface area contributed by atoms with Gasteiger partial charge in [0.25, 0.3) is 5.91 Å². The predicted molar refractivity (Wildman–Crippen MR) is 96.7 cm³/mol. The fraction of sp³-hybridized carbons (Fsp3) is 0.412. The second-order valence-electron chi connectivity index (χ2n) is 5.56. The van der Waals surface area contributed by atoms with Gasteiger partial charge in [-0.15, -0.1) is 11.3 Å². The molecule has 1 aromatic carbocycles. The van der Waals surface area contributed by atoms with Crippen molar-refractivity contribution in [2.75, 3.05) is 13.2 Å². The second kappa shape index (κ2) is 9.83. The van der Waals surface area contributed by atoms with E-state index in [9.17, 15) is 14.4 Å². The molecule has 2 N–H and O–H groups in total. The molecule has 1 aromatic heterocycles. The number of aromatic nitrogens is 1. The maximum Gasteiger partial charge on any atom is 0.332 e.